The number of imide groups is 1. The standard InChI is InChI=1S/C18H21BrN2O3S/c1-3-5-12(2)16(22)20-8-9-21-17(23)15(25-18(21)24)11-13-6-4-7-14(19)10-13/h4,6-7,10-12H,3,5,8-9H2,1-2H3,(H,20,22)/b15-11+. The van der Waals surface area contributed by atoms with E-state index < -0.39 is 0 Å². The van der Waals surface area contributed by atoms with E-state index in [1.165, 1.54) is 4.90 Å². The van der Waals surface area contributed by atoms with Crippen molar-refractivity contribution in [3.8, 4) is 0 Å². The van der Waals surface area contributed by atoms with Crippen molar-refractivity contribution < 1.29 is 14.4 Å². The van der Waals surface area contributed by atoms with Gasteiger partial charge in [0, 0.05) is 23.5 Å². The molecule has 1 saturated heterocycles. The van der Waals surface area contributed by atoms with Crippen LogP contribution in [0.3, 0.4) is 0 Å². The normalized spacial score (nSPS) is 17.2. The van der Waals surface area contributed by atoms with Crippen LogP contribution in [0.15, 0.2) is 33.6 Å². The Kier molecular flexibility index (Phi) is 7.25. The molecular weight excluding hydrogens is 404 g/mol. The van der Waals surface area contributed by atoms with Gasteiger partial charge in [-0.1, -0.05) is 48.3 Å². The maximum Gasteiger partial charge on any atom is 0.293 e. The zero-order valence-electron chi connectivity index (χ0n) is 14.3. The molecule has 1 aromatic rings. The summed E-state index contributed by atoms with van der Waals surface area (Å²) in [6, 6.07) is 7.51. The molecule has 5 nitrogen and oxygen atoms in total. The Bertz CT molecular complexity index is 705. The monoisotopic (exact) mass is 424 g/mol. The van der Waals surface area contributed by atoms with Gasteiger partial charge < -0.3 is 5.32 Å². The minimum atomic E-state index is -0.314. The highest BCUT2D eigenvalue weighted by Gasteiger charge is 2.34. The van der Waals surface area contributed by atoms with Crippen molar-refractivity contribution in [3.05, 3.63) is 39.2 Å². The third kappa shape index (κ3) is 5.44. The summed E-state index contributed by atoms with van der Waals surface area (Å²) >= 11 is 4.31. The van der Waals surface area contributed by atoms with Crippen molar-refractivity contribution in [1.82, 2.24) is 10.2 Å². The molecule has 0 bridgehead atoms. The van der Waals surface area contributed by atoms with Crippen LogP contribution in [0, 0.1) is 5.92 Å². The summed E-state index contributed by atoms with van der Waals surface area (Å²) in [5.41, 5.74) is 0.849. The molecule has 1 heterocycles. The summed E-state index contributed by atoms with van der Waals surface area (Å²) in [5.74, 6) is -0.416. The number of nitrogens with one attached hydrogen (secondary N) is 1. The van der Waals surface area contributed by atoms with E-state index in [2.05, 4.69) is 21.2 Å². The topological polar surface area (TPSA) is 66.5 Å². The van der Waals surface area contributed by atoms with Gasteiger partial charge in [0.1, 0.15) is 0 Å². The lowest BCUT2D eigenvalue weighted by molar-refractivity contribution is -0.126. The second-order valence-corrected chi connectivity index (χ2v) is 7.78. The third-order valence-corrected chi connectivity index (χ3v) is 5.22. The van der Waals surface area contributed by atoms with Crippen molar-refractivity contribution in [2.24, 2.45) is 5.92 Å². The average Bonchev–Trinajstić information content (AvgIpc) is 2.82. The van der Waals surface area contributed by atoms with Gasteiger partial charge in [0.05, 0.1) is 4.91 Å². The molecule has 1 atom stereocenters. The molecular formula is C18H21BrN2O3S. The zero-order valence-corrected chi connectivity index (χ0v) is 16.7. The predicted octanol–water partition coefficient (Wildman–Crippen LogP) is 4.04. The predicted molar refractivity (Wildman–Crippen MR) is 104 cm³/mol. The highest BCUT2D eigenvalue weighted by Crippen LogP contribution is 2.32. The number of hydrogen-bond donors (Lipinski definition) is 1. The lowest BCUT2D eigenvalue weighted by Gasteiger charge is -2.15. The fourth-order valence-electron chi connectivity index (χ4n) is 2.47. The highest BCUT2D eigenvalue weighted by molar-refractivity contribution is 9.10. The summed E-state index contributed by atoms with van der Waals surface area (Å²) in [4.78, 5) is 37.9. The second-order valence-electron chi connectivity index (χ2n) is 5.87. The van der Waals surface area contributed by atoms with Crippen molar-refractivity contribution in [2.75, 3.05) is 13.1 Å². The third-order valence-electron chi connectivity index (χ3n) is 3.82. The van der Waals surface area contributed by atoms with Gasteiger partial charge in [-0.25, -0.2) is 0 Å². The first-order valence-corrected chi connectivity index (χ1v) is 9.82. The van der Waals surface area contributed by atoms with Crippen LogP contribution in [0.4, 0.5) is 4.79 Å². The summed E-state index contributed by atoms with van der Waals surface area (Å²) in [6.45, 7) is 4.36. The van der Waals surface area contributed by atoms with E-state index in [0.717, 1.165) is 34.6 Å². The highest BCUT2D eigenvalue weighted by atomic mass is 79.9. The lowest BCUT2D eigenvalue weighted by atomic mass is 10.1. The maximum atomic E-state index is 12.4. The Labute approximate surface area is 160 Å². The molecule has 1 N–H and O–H groups in total. The van der Waals surface area contributed by atoms with E-state index in [9.17, 15) is 14.4 Å². The molecule has 2 rings (SSSR count). The molecule has 1 aliphatic heterocycles. The van der Waals surface area contributed by atoms with Gasteiger partial charge in [-0.3, -0.25) is 19.3 Å². The first-order chi connectivity index (χ1) is 11.9. The lowest BCUT2D eigenvalue weighted by Crippen LogP contribution is -2.38. The van der Waals surface area contributed by atoms with E-state index in [-0.39, 0.29) is 36.1 Å². The van der Waals surface area contributed by atoms with Gasteiger partial charge in [-0.05, 0) is 42.0 Å². The van der Waals surface area contributed by atoms with Gasteiger partial charge in [0.2, 0.25) is 5.91 Å². The van der Waals surface area contributed by atoms with Crippen molar-refractivity contribution in [2.45, 2.75) is 26.7 Å². The fraction of sp³-hybridized carbons (Fsp3) is 0.389. The number of benzene rings is 1. The molecule has 0 aromatic heterocycles. The van der Waals surface area contributed by atoms with Crippen LogP contribution in [0.5, 0.6) is 0 Å². The number of hydrogen-bond acceptors (Lipinski definition) is 4. The number of rotatable bonds is 7. The van der Waals surface area contributed by atoms with Gasteiger partial charge >= 0.3 is 0 Å². The Morgan fingerprint density at radius 1 is 1.40 bits per heavy atom. The minimum absolute atomic E-state index is 0.0431. The largest absolute Gasteiger partial charge is 0.354 e. The molecule has 134 valence electrons. The molecule has 0 radical (unpaired) electrons. The van der Waals surface area contributed by atoms with Crippen LogP contribution in [0.2, 0.25) is 0 Å². The molecule has 7 heteroatoms. The van der Waals surface area contributed by atoms with Crippen LogP contribution in [-0.2, 0) is 9.59 Å². The fourth-order valence-corrected chi connectivity index (χ4v) is 3.75. The maximum absolute atomic E-state index is 12.4. The Balaban J connectivity index is 1.94. The Morgan fingerprint density at radius 3 is 2.84 bits per heavy atom. The molecule has 0 aliphatic carbocycles. The van der Waals surface area contributed by atoms with E-state index >= 15 is 0 Å². The number of thioether (sulfide) groups is 1. The van der Waals surface area contributed by atoms with E-state index in [1.807, 2.05) is 38.1 Å². The van der Waals surface area contributed by atoms with E-state index in [0.29, 0.717) is 4.91 Å². The molecule has 1 fully saturated rings. The molecule has 1 unspecified atom stereocenters. The number of carbonyl (C=O) groups is 3. The van der Waals surface area contributed by atoms with Crippen LogP contribution in [0.1, 0.15) is 32.3 Å². The average molecular weight is 425 g/mol. The number of halogens is 1. The SMILES string of the molecule is CCCC(C)C(=O)NCCN1C(=O)S/C(=C/c2cccc(Br)c2)C1=O. The Morgan fingerprint density at radius 2 is 2.16 bits per heavy atom. The van der Waals surface area contributed by atoms with E-state index in [4.69, 9.17) is 0 Å². The van der Waals surface area contributed by atoms with Crippen LogP contribution in [-0.4, -0.2) is 35.0 Å². The number of nitrogens with zero attached hydrogens (tertiary/aromatic N) is 1. The van der Waals surface area contributed by atoms with Crippen molar-refractivity contribution in [1.29, 1.82) is 0 Å². The summed E-state index contributed by atoms with van der Waals surface area (Å²) in [5, 5.41) is 2.48. The number of amides is 3. The summed E-state index contributed by atoms with van der Waals surface area (Å²) in [6.07, 6.45) is 3.47. The van der Waals surface area contributed by atoms with Gasteiger partial charge in [-0.15, -0.1) is 0 Å². The first kappa shape index (κ1) is 19.7. The minimum Gasteiger partial charge on any atom is -0.354 e. The second kappa shape index (κ2) is 9.20. The molecule has 3 amide bonds. The molecule has 25 heavy (non-hydrogen) atoms. The molecule has 0 spiro atoms. The van der Waals surface area contributed by atoms with Gasteiger partial charge in [0.15, 0.2) is 0 Å². The van der Waals surface area contributed by atoms with Crippen molar-refractivity contribution in [3.63, 3.8) is 0 Å². The Hall–Kier alpha value is -1.60. The molecule has 1 aliphatic rings. The van der Waals surface area contributed by atoms with Crippen molar-refractivity contribution >= 4 is 50.8 Å². The molecule has 0 saturated carbocycles. The van der Waals surface area contributed by atoms with Crippen LogP contribution < -0.4 is 5.32 Å². The quantitative estimate of drug-likeness (QED) is 0.670. The van der Waals surface area contributed by atoms with E-state index in [1.54, 1.807) is 6.08 Å². The zero-order chi connectivity index (χ0) is 18.4. The van der Waals surface area contributed by atoms with Crippen LogP contribution in [0.25, 0.3) is 6.08 Å². The summed E-state index contributed by atoms with van der Waals surface area (Å²) in [7, 11) is 0. The van der Waals surface area contributed by atoms with Gasteiger partial charge in [0.25, 0.3) is 11.1 Å². The molecule has 1 aromatic carbocycles. The van der Waals surface area contributed by atoms with Crippen LogP contribution >= 0.6 is 27.7 Å². The smallest absolute Gasteiger partial charge is 0.293 e. The number of carbonyl (C=O) groups excluding carboxylic acids is 3. The first-order valence-electron chi connectivity index (χ1n) is 8.21. The van der Waals surface area contributed by atoms with Gasteiger partial charge in [-0.2, -0.15) is 0 Å². The summed E-state index contributed by atoms with van der Waals surface area (Å²) < 4.78 is 0.907.